The Balaban J connectivity index is 2.29. The van der Waals surface area contributed by atoms with Crippen molar-refractivity contribution in [1.29, 1.82) is 0 Å². The quantitative estimate of drug-likeness (QED) is 0.549. The summed E-state index contributed by atoms with van der Waals surface area (Å²) in [4.78, 5) is 23.3. The number of carbonyl (C=O) groups excluding carboxylic acids is 2. The summed E-state index contributed by atoms with van der Waals surface area (Å²) in [6, 6.07) is 6.47. The molecule has 1 aromatic rings. The van der Waals surface area contributed by atoms with Crippen molar-refractivity contribution in [3.63, 3.8) is 0 Å². The molecule has 0 bridgehead atoms. The van der Waals surface area contributed by atoms with E-state index in [0.717, 1.165) is 17.3 Å². The number of rotatable bonds is 1. The Morgan fingerprint density at radius 3 is 2.38 bits per heavy atom. The Morgan fingerprint density at radius 1 is 1.25 bits per heavy atom. The fraction of sp³-hybridized carbons (Fsp3) is 0. The van der Waals surface area contributed by atoms with Gasteiger partial charge in [-0.15, -0.1) is 0 Å². The van der Waals surface area contributed by atoms with E-state index in [-0.39, 0.29) is 43.0 Å². The van der Waals surface area contributed by atoms with E-state index in [1.165, 1.54) is 2.71 Å². The van der Waals surface area contributed by atoms with Gasteiger partial charge in [-0.1, -0.05) is 0 Å². The van der Waals surface area contributed by atoms with Gasteiger partial charge in [-0.2, -0.15) is 0 Å². The van der Waals surface area contributed by atoms with Gasteiger partial charge in [0.1, 0.15) is 0 Å². The molecule has 2 rings (SSSR count). The van der Waals surface area contributed by atoms with Crippen LogP contribution in [-0.2, 0) is 4.79 Å². The number of nitrogens with zero attached hydrogens (tertiary/aromatic N) is 1. The molecule has 0 unspecified atom stereocenters. The van der Waals surface area contributed by atoms with Crippen molar-refractivity contribution in [2.45, 2.75) is 0 Å². The average Bonchev–Trinajstić information content (AvgIpc) is 2.50. The molecule has 0 atom stereocenters. The van der Waals surface area contributed by atoms with E-state index >= 15 is 0 Å². The molecule has 16 heavy (non-hydrogen) atoms. The van der Waals surface area contributed by atoms with Crippen molar-refractivity contribution < 1.29 is 14.7 Å². The first-order valence-corrected chi connectivity index (χ1v) is 7.22. The van der Waals surface area contributed by atoms with Gasteiger partial charge in [0.05, 0.1) is 0 Å². The summed E-state index contributed by atoms with van der Waals surface area (Å²) in [5.74, 6) is -0.0392. The predicted molar refractivity (Wildman–Crippen MR) is 61.7 cm³/mol. The number of amides is 2. The van der Waals surface area contributed by atoms with Crippen molar-refractivity contribution in [3.8, 4) is 5.75 Å². The van der Waals surface area contributed by atoms with Crippen molar-refractivity contribution in [2.75, 3.05) is 0 Å². The molecule has 1 saturated heterocycles. The van der Waals surface area contributed by atoms with Gasteiger partial charge >= 0.3 is 113 Å². The van der Waals surface area contributed by atoms with Crippen LogP contribution in [0.5, 0.6) is 5.75 Å². The average molecular weight is 425 g/mol. The van der Waals surface area contributed by atoms with E-state index in [4.69, 9.17) is 5.11 Å². The summed E-state index contributed by atoms with van der Waals surface area (Å²) < 4.78 is 1.25. The second-order valence-electron chi connectivity index (χ2n) is 3.14. The van der Waals surface area contributed by atoms with Crippen LogP contribution in [0.4, 0.5) is 4.79 Å². The molecule has 2 amide bonds. The molecule has 4 nitrogen and oxygen atoms in total. The van der Waals surface area contributed by atoms with Gasteiger partial charge in [-0.3, -0.25) is 0 Å². The molecular weight excluding hydrogens is 419 g/mol. The van der Waals surface area contributed by atoms with Crippen molar-refractivity contribution >= 4 is 55.0 Å². The van der Waals surface area contributed by atoms with Gasteiger partial charge in [0, 0.05) is 0 Å². The monoisotopic (exact) mass is 425 g/mol. The zero-order chi connectivity index (χ0) is 11.7. The number of imide groups is 1. The van der Waals surface area contributed by atoms with Crippen LogP contribution in [0, 0.1) is 0 Å². The molecule has 6 heteroatoms. The first-order chi connectivity index (χ1) is 7.58. The predicted octanol–water partition coefficient (Wildman–Crippen LogP) is 1.51. The summed E-state index contributed by atoms with van der Waals surface area (Å²) in [5, 5.41) is 8.91. The minimum atomic E-state index is -0.215. The first kappa shape index (κ1) is 11.7. The molecule has 1 N–H and O–H groups in total. The Hall–Kier alpha value is -0.828. The van der Waals surface area contributed by atoms with Gasteiger partial charge in [-0.05, 0) is 0 Å². The van der Waals surface area contributed by atoms with Crippen LogP contribution in [0.3, 0.4) is 0 Å². The van der Waals surface area contributed by atoms with E-state index in [2.05, 4.69) is 0 Å². The normalized spacial score (nSPS) is 18.4. The Bertz CT molecular complexity index is 483. The molecule has 1 aliphatic rings. The molecule has 0 aliphatic carbocycles. The number of carbonyl (C=O) groups is 2. The maximum atomic E-state index is 11.6. The third-order valence-corrected chi connectivity index (χ3v) is 5.45. The van der Waals surface area contributed by atoms with Crippen LogP contribution >= 0.6 is 11.8 Å². The third kappa shape index (κ3) is 2.29. The number of thioether (sulfide) groups is 1. The summed E-state index contributed by atoms with van der Waals surface area (Å²) in [6.45, 7) is 0. The topological polar surface area (TPSA) is 57.6 Å². The third-order valence-electron chi connectivity index (χ3n) is 2.01. The number of phenolic OH excluding ortho intramolecular Hbond substituents is 1. The minimum absolute atomic E-state index is 0.176. The van der Waals surface area contributed by atoms with Gasteiger partial charge < -0.3 is 0 Å². The van der Waals surface area contributed by atoms with Gasteiger partial charge in [-0.25, -0.2) is 0 Å². The summed E-state index contributed by atoms with van der Waals surface area (Å²) in [5.41, 5.74) is 0.793. The summed E-state index contributed by atoms with van der Waals surface area (Å²) >= 11 is 1.16. The van der Waals surface area contributed by atoms with Crippen molar-refractivity contribution in [3.05, 3.63) is 34.7 Å². The van der Waals surface area contributed by atoms with Crippen LogP contribution in [0.2, 0.25) is 0 Å². The zero-order valence-corrected chi connectivity index (χ0v) is 13.4. The van der Waals surface area contributed by atoms with Gasteiger partial charge in [0.15, 0.2) is 0 Å². The number of hydrogen-bond donors (Lipinski definition) is 1. The molecule has 0 spiro atoms. The number of aromatic hydroxyl groups is 1. The van der Waals surface area contributed by atoms with Crippen LogP contribution in [0.25, 0.3) is 6.08 Å². The molecule has 78 valence electrons. The zero-order valence-electron chi connectivity index (χ0n) is 8.08. The summed E-state index contributed by atoms with van der Waals surface area (Å²) in [6.07, 6.45) is 1.66. The fourth-order valence-corrected chi connectivity index (χ4v) is 3.47. The molecule has 1 aromatic carbocycles. The Morgan fingerprint density at radius 2 is 1.88 bits per heavy atom. The van der Waals surface area contributed by atoms with Gasteiger partial charge in [0.25, 0.3) is 0 Å². The molecular formula is C10H6NO3STl. The fourth-order valence-electron chi connectivity index (χ4n) is 1.20. The Kier molecular flexibility index (Phi) is 3.33. The van der Waals surface area contributed by atoms with E-state index in [1.54, 1.807) is 30.3 Å². The second-order valence-corrected chi connectivity index (χ2v) is 6.14. The van der Waals surface area contributed by atoms with Crippen molar-refractivity contribution in [1.82, 2.24) is 2.71 Å². The Labute approximate surface area is 112 Å². The molecule has 0 radical (unpaired) electrons. The van der Waals surface area contributed by atoms with Gasteiger partial charge in [0.2, 0.25) is 0 Å². The van der Waals surface area contributed by atoms with Crippen LogP contribution in [-0.4, -0.2) is 45.0 Å². The number of hydrogen-bond acceptors (Lipinski definition) is 4. The summed E-state index contributed by atoms with van der Waals surface area (Å²) in [7, 11) is 0. The van der Waals surface area contributed by atoms with E-state index in [9.17, 15) is 9.59 Å². The molecule has 1 aliphatic heterocycles. The second kappa shape index (κ2) is 4.58. The molecule has 0 saturated carbocycles. The van der Waals surface area contributed by atoms with Crippen LogP contribution in [0.15, 0.2) is 29.2 Å². The maximum absolute atomic E-state index is 11.6. The molecule has 1 fully saturated rings. The molecule has 0 aromatic heterocycles. The van der Waals surface area contributed by atoms with E-state index in [1.807, 2.05) is 0 Å². The number of phenols is 1. The van der Waals surface area contributed by atoms with Crippen LogP contribution < -0.4 is 0 Å². The van der Waals surface area contributed by atoms with Crippen LogP contribution in [0.1, 0.15) is 5.56 Å². The number of benzene rings is 1. The standard InChI is InChI=1S/C10H7NO3S.Tl/c12-7-3-1-6(2-4-7)5-8-9(13)11-10(14)15-8;/h1-5H,(H2,11,12,13,14);/q;+1/p-1. The first-order valence-electron chi connectivity index (χ1n) is 4.39. The van der Waals surface area contributed by atoms with Crippen molar-refractivity contribution in [2.24, 2.45) is 0 Å². The molecule has 1 heterocycles. The van der Waals surface area contributed by atoms with E-state index < -0.39 is 0 Å². The van der Waals surface area contributed by atoms with E-state index in [0.29, 0.717) is 4.91 Å². The SMILES string of the molecule is O=C1S/C(=C\c2ccc(O)cc2)C(=O)[N]1[Tl].